The summed E-state index contributed by atoms with van der Waals surface area (Å²) in [5.41, 5.74) is 19.8. The van der Waals surface area contributed by atoms with Gasteiger partial charge in [0.25, 0.3) is 0 Å². The van der Waals surface area contributed by atoms with Gasteiger partial charge >= 0.3 is 0 Å². The molecule has 13 rings (SSSR count). The molecule has 406 valence electrons. The highest BCUT2D eigenvalue weighted by molar-refractivity contribution is 6.89. The fraction of sp³-hybridized carbons (Fsp3) is 0.195. The van der Waals surface area contributed by atoms with Gasteiger partial charge in [0.05, 0.1) is 44.3 Å². The average Bonchev–Trinajstić information content (AvgIpc) is 1.58. The summed E-state index contributed by atoms with van der Waals surface area (Å²) in [4.78, 5) is 7.60. The lowest BCUT2D eigenvalue weighted by atomic mass is 9.64. The minimum atomic E-state index is -1.62. The summed E-state index contributed by atoms with van der Waals surface area (Å²) in [7, 11) is -3.24. The molecule has 1 aliphatic heterocycles. The van der Waals surface area contributed by atoms with Gasteiger partial charge in [-0.05, 0) is 151 Å². The second-order valence-electron chi connectivity index (χ2n) is 27.0. The van der Waals surface area contributed by atoms with Crippen LogP contribution in [0.15, 0.2) is 237 Å². The molecule has 0 saturated carbocycles. The molecule has 11 aromatic carbocycles. The first-order valence-corrected chi connectivity index (χ1v) is 36.4. The van der Waals surface area contributed by atoms with E-state index in [9.17, 15) is 0 Å². The number of hydrogen-bond donors (Lipinski definition) is 0. The molecule has 11 aromatic rings. The summed E-state index contributed by atoms with van der Waals surface area (Å²) in [6, 6.07) is 91.1. The van der Waals surface area contributed by atoms with Crippen molar-refractivity contribution >= 4 is 99.3 Å². The van der Waals surface area contributed by atoms with Gasteiger partial charge in [-0.2, -0.15) is 0 Å². The Morgan fingerprint density at radius 1 is 0.329 bits per heavy atom. The Bertz CT molecular complexity index is 3860. The second kappa shape index (κ2) is 19.5. The maximum absolute atomic E-state index is 2.61. The first-order chi connectivity index (χ1) is 39.2. The van der Waals surface area contributed by atoms with Crippen LogP contribution >= 0.6 is 0 Å². The van der Waals surface area contributed by atoms with Crippen molar-refractivity contribution < 1.29 is 0 Å². The highest BCUT2D eigenvalue weighted by Gasteiger charge is 2.53. The predicted molar refractivity (Wildman–Crippen MR) is 360 cm³/mol. The zero-order valence-electron chi connectivity index (χ0n) is 49.9. The fourth-order valence-corrected chi connectivity index (χ4v) is 15.7. The van der Waals surface area contributed by atoms with Crippen LogP contribution in [-0.2, 0) is 16.2 Å². The van der Waals surface area contributed by atoms with Gasteiger partial charge in [-0.25, -0.2) is 0 Å². The minimum Gasteiger partial charge on any atom is -0.310 e. The van der Waals surface area contributed by atoms with Gasteiger partial charge in [0.1, 0.15) is 0 Å². The highest BCUT2D eigenvalue weighted by Crippen LogP contribution is 2.67. The number of nitrogens with zero attached hydrogens (tertiary/aromatic N) is 3. The van der Waals surface area contributed by atoms with E-state index in [1.165, 1.54) is 87.8 Å². The number of fused-ring (bicyclic) bond motifs is 13. The van der Waals surface area contributed by atoms with Crippen molar-refractivity contribution in [2.45, 2.75) is 97.1 Å². The molecule has 0 saturated heterocycles. The summed E-state index contributed by atoms with van der Waals surface area (Å²) in [5, 5.41) is 7.77. The van der Waals surface area contributed by atoms with Crippen LogP contribution in [0.4, 0.5) is 51.2 Å². The van der Waals surface area contributed by atoms with Gasteiger partial charge in [0, 0.05) is 39.2 Å². The zero-order valence-corrected chi connectivity index (χ0v) is 51.9. The number of benzene rings is 11. The van der Waals surface area contributed by atoms with Crippen LogP contribution in [0.2, 0.25) is 39.3 Å². The minimum absolute atomic E-state index is 0.000675. The van der Waals surface area contributed by atoms with Crippen LogP contribution < -0.4 is 25.1 Å². The fourth-order valence-electron chi connectivity index (χ4n) is 13.3. The van der Waals surface area contributed by atoms with Crippen LogP contribution in [0.1, 0.15) is 74.9 Å². The third-order valence-electron chi connectivity index (χ3n) is 17.7. The first kappa shape index (κ1) is 53.1. The van der Waals surface area contributed by atoms with Crippen molar-refractivity contribution in [2.24, 2.45) is 0 Å². The lowest BCUT2D eigenvalue weighted by molar-refractivity contribution is 0.590. The highest BCUT2D eigenvalue weighted by atomic mass is 28.3. The number of hydrogen-bond acceptors (Lipinski definition) is 3. The molecule has 2 aliphatic rings. The number of para-hydroxylation sites is 3. The molecule has 0 atom stereocenters. The third kappa shape index (κ3) is 8.66. The van der Waals surface area contributed by atoms with Crippen LogP contribution in [0.5, 0.6) is 0 Å². The predicted octanol–water partition coefficient (Wildman–Crippen LogP) is 20.8. The summed E-state index contributed by atoms with van der Waals surface area (Å²) >= 11 is 0. The maximum atomic E-state index is 2.61. The molecule has 0 radical (unpaired) electrons. The van der Waals surface area contributed by atoms with E-state index in [2.05, 4.69) is 332 Å². The average molecular weight is 1100 g/mol. The maximum Gasteiger partial charge on any atom is 0.0775 e. The molecule has 5 heteroatoms. The van der Waals surface area contributed by atoms with Crippen LogP contribution in [0.3, 0.4) is 0 Å². The molecule has 1 spiro atoms. The van der Waals surface area contributed by atoms with E-state index in [0.717, 1.165) is 39.8 Å². The summed E-state index contributed by atoms with van der Waals surface area (Å²) in [6.45, 7) is 28.5. The van der Waals surface area contributed by atoms with Crippen molar-refractivity contribution in [2.75, 3.05) is 14.7 Å². The van der Waals surface area contributed by atoms with Crippen LogP contribution in [0.25, 0.3) is 32.7 Å². The van der Waals surface area contributed by atoms with Gasteiger partial charge in [0.2, 0.25) is 0 Å². The van der Waals surface area contributed by atoms with Gasteiger partial charge in [-0.15, -0.1) is 0 Å². The molecule has 82 heavy (non-hydrogen) atoms. The normalized spacial score (nSPS) is 13.7. The van der Waals surface area contributed by atoms with E-state index < -0.39 is 21.6 Å². The molecule has 0 aromatic heterocycles. The number of rotatable bonds is 9. The Labute approximate surface area is 489 Å². The van der Waals surface area contributed by atoms with Gasteiger partial charge in [-0.3, -0.25) is 0 Å². The molecular weight excluding hydrogens is 1020 g/mol. The Kier molecular flexibility index (Phi) is 12.6. The summed E-state index contributed by atoms with van der Waals surface area (Å²) in [5.74, 6) is 0. The molecule has 0 bridgehead atoms. The van der Waals surface area contributed by atoms with E-state index in [0.29, 0.717) is 0 Å². The van der Waals surface area contributed by atoms with Crippen LogP contribution in [0, 0.1) is 0 Å². The molecule has 1 aliphatic carbocycles. The smallest absolute Gasteiger partial charge is 0.0775 e. The van der Waals surface area contributed by atoms with Crippen molar-refractivity contribution in [3.63, 3.8) is 0 Å². The van der Waals surface area contributed by atoms with E-state index in [4.69, 9.17) is 0 Å². The SMILES string of the molecule is CC(C)(C)c1ccc(N(c2ccc([Si](C)(C)C)cc2)c2cc3c(c4ccccc24)-c2c(cc(N(c4ccc(C(C)(C)C)cc4)c4ccc([Si](C)(C)C)cc4)c4ccccc24)C32c3ccccc3N(c3ccccc3)c3ccccc32)cc1. The Balaban J connectivity index is 1.19. The topological polar surface area (TPSA) is 9.72 Å². The molecular formula is C77H75N3Si2. The third-order valence-corrected chi connectivity index (χ3v) is 21.8. The quantitative estimate of drug-likeness (QED) is 0.133. The molecule has 0 fully saturated rings. The van der Waals surface area contributed by atoms with Crippen LogP contribution in [-0.4, -0.2) is 16.1 Å². The van der Waals surface area contributed by atoms with E-state index in [-0.39, 0.29) is 10.8 Å². The Morgan fingerprint density at radius 2 is 0.646 bits per heavy atom. The molecule has 0 amide bonds. The molecule has 3 nitrogen and oxygen atoms in total. The largest absolute Gasteiger partial charge is 0.310 e. The van der Waals surface area contributed by atoms with E-state index >= 15 is 0 Å². The van der Waals surface area contributed by atoms with Crippen molar-refractivity contribution in [3.8, 4) is 11.1 Å². The zero-order chi connectivity index (χ0) is 57.1. The lowest BCUT2D eigenvalue weighted by Crippen LogP contribution is -2.37. The summed E-state index contributed by atoms with van der Waals surface area (Å²) in [6.07, 6.45) is 0. The molecule has 1 heterocycles. The number of anilines is 9. The first-order valence-electron chi connectivity index (χ1n) is 29.4. The second-order valence-corrected chi connectivity index (χ2v) is 37.2. The van der Waals surface area contributed by atoms with E-state index in [1.807, 2.05) is 0 Å². The Morgan fingerprint density at radius 3 is 1.00 bits per heavy atom. The molecule has 0 unspecified atom stereocenters. The Hall–Kier alpha value is -8.23. The van der Waals surface area contributed by atoms with Gasteiger partial charge in [0.15, 0.2) is 0 Å². The van der Waals surface area contributed by atoms with Gasteiger partial charge < -0.3 is 14.7 Å². The molecule has 0 N–H and O–H groups in total. The van der Waals surface area contributed by atoms with Crippen molar-refractivity contribution in [3.05, 3.63) is 270 Å². The monoisotopic (exact) mass is 1100 g/mol. The van der Waals surface area contributed by atoms with Crippen molar-refractivity contribution in [1.29, 1.82) is 0 Å². The standard InChI is InChI=1S/C77H75N3Si2/c1-75(2,3)52-34-38-55(39-35-52)78(57-42-46-59(47-43-57)81(7,8)9)71-50-67-73(63-28-18-16-26-61(63)71)74-64-29-19-17-27-62(64)72(79(56-40-36-53(37-41-56)76(4,5)6)58-44-48-60(49-45-58)82(10,11)12)51-68(74)77(67)65-30-20-22-32-69(65)80(54-24-14-13-15-25-54)70-33-23-21-31-66(70)77/h13-51H,1-12H3. The van der Waals surface area contributed by atoms with E-state index in [1.54, 1.807) is 0 Å². The summed E-state index contributed by atoms with van der Waals surface area (Å²) < 4.78 is 0. The lowest BCUT2D eigenvalue weighted by Gasteiger charge is -2.45. The van der Waals surface area contributed by atoms with Crippen molar-refractivity contribution in [1.82, 2.24) is 0 Å². The van der Waals surface area contributed by atoms with Gasteiger partial charge in [-0.1, -0.05) is 243 Å².